The molecular formula is C17H22N2O3. The second-order valence-corrected chi connectivity index (χ2v) is 4.72. The Labute approximate surface area is 131 Å². The fraction of sp³-hybridized carbons (Fsp3) is 0.353. The first-order valence-electron chi connectivity index (χ1n) is 7.29. The number of nitrogens with zero attached hydrogens (tertiary/aromatic N) is 1. The molecule has 0 saturated carbocycles. The number of methoxy groups -OCH3 is 2. The molecule has 2 rings (SSSR count). The molecule has 0 fully saturated rings. The van der Waals surface area contributed by atoms with Crippen molar-refractivity contribution in [1.29, 1.82) is 0 Å². The fourth-order valence-corrected chi connectivity index (χ4v) is 2.03. The zero-order valence-electron chi connectivity index (χ0n) is 13.0. The van der Waals surface area contributed by atoms with E-state index in [-0.39, 0.29) is 0 Å². The van der Waals surface area contributed by atoms with Gasteiger partial charge in [-0.3, -0.25) is 0 Å². The summed E-state index contributed by atoms with van der Waals surface area (Å²) in [6.45, 7) is 2.25. The van der Waals surface area contributed by atoms with Gasteiger partial charge in [-0.15, -0.1) is 0 Å². The van der Waals surface area contributed by atoms with Gasteiger partial charge in [-0.1, -0.05) is 12.1 Å². The first kappa shape index (κ1) is 16.1. The molecule has 2 aromatic rings. The Morgan fingerprint density at radius 2 is 2.00 bits per heavy atom. The molecule has 0 radical (unpaired) electrons. The monoisotopic (exact) mass is 302 g/mol. The lowest BCUT2D eigenvalue weighted by atomic mass is 10.2. The number of aromatic nitrogens is 1. The summed E-state index contributed by atoms with van der Waals surface area (Å²) in [6.07, 6.45) is 2.64. The predicted octanol–water partition coefficient (Wildman–Crippen LogP) is 2.66. The Balaban J connectivity index is 1.68. The summed E-state index contributed by atoms with van der Waals surface area (Å²) in [6, 6.07) is 11.5. The third kappa shape index (κ3) is 4.93. The van der Waals surface area contributed by atoms with Crippen molar-refractivity contribution in [1.82, 2.24) is 10.3 Å². The van der Waals surface area contributed by atoms with E-state index < -0.39 is 0 Å². The summed E-state index contributed by atoms with van der Waals surface area (Å²) in [5.74, 6) is 2.29. The molecule has 1 aromatic carbocycles. The van der Waals surface area contributed by atoms with Gasteiger partial charge in [0.15, 0.2) is 0 Å². The average molecular weight is 302 g/mol. The van der Waals surface area contributed by atoms with Crippen LogP contribution in [0.4, 0.5) is 0 Å². The number of nitrogens with one attached hydrogen (secondary N) is 1. The maximum Gasteiger partial charge on any atom is 0.213 e. The van der Waals surface area contributed by atoms with Crippen molar-refractivity contribution < 1.29 is 14.2 Å². The van der Waals surface area contributed by atoms with Crippen LogP contribution in [-0.4, -0.2) is 32.4 Å². The molecule has 0 spiro atoms. The van der Waals surface area contributed by atoms with Crippen molar-refractivity contribution in [2.75, 3.05) is 27.4 Å². The highest BCUT2D eigenvalue weighted by Gasteiger charge is 2.04. The molecule has 0 saturated heterocycles. The summed E-state index contributed by atoms with van der Waals surface area (Å²) in [4.78, 5) is 4.11. The lowest BCUT2D eigenvalue weighted by molar-refractivity contribution is 0.296. The molecule has 1 N–H and O–H groups in total. The largest absolute Gasteiger partial charge is 0.497 e. The van der Waals surface area contributed by atoms with E-state index in [1.165, 1.54) is 0 Å². The highest BCUT2D eigenvalue weighted by Crippen LogP contribution is 2.24. The Bertz CT molecular complexity index is 561. The molecule has 1 aromatic heterocycles. The van der Waals surface area contributed by atoms with Gasteiger partial charge in [-0.25, -0.2) is 4.98 Å². The molecule has 5 heteroatoms. The summed E-state index contributed by atoms with van der Waals surface area (Å²) < 4.78 is 16.1. The van der Waals surface area contributed by atoms with Gasteiger partial charge in [0.25, 0.3) is 0 Å². The second-order valence-electron chi connectivity index (χ2n) is 4.72. The number of hydrogen-bond acceptors (Lipinski definition) is 5. The van der Waals surface area contributed by atoms with E-state index in [1.807, 2.05) is 36.4 Å². The Hall–Kier alpha value is -2.27. The van der Waals surface area contributed by atoms with E-state index in [0.29, 0.717) is 12.5 Å². The van der Waals surface area contributed by atoms with Crippen LogP contribution in [-0.2, 0) is 6.54 Å². The van der Waals surface area contributed by atoms with Crippen molar-refractivity contribution in [3.05, 3.63) is 48.2 Å². The van der Waals surface area contributed by atoms with Gasteiger partial charge >= 0.3 is 0 Å². The average Bonchev–Trinajstić information content (AvgIpc) is 2.59. The van der Waals surface area contributed by atoms with Gasteiger partial charge in [-0.05, 0) is 25.1 Å². The summed E-state index contributed by atoms with van der Waals surface area (Å²) >= 11 is 0. The Kier molecular flexibility index (Phi) is 6.51. The van der Waals surface area contributed by atoms with Crippen molar-refractivity contribution in [2.45, 2.75) is 13.0 Å². The number of ether oxygens (including phenoxy) is 3. The van der Waals surface area contributed by atoms with E-state index in [4.69, 9.17) is 14.2 Å². The SMILES string of the molecule is COc1ccc(CNCCCOc2ccccn2)c(OC)c1. The van der Waals surface area contributed by atoms with Crippen molar-refractivity contribution in [3.63, 3.8) is 0 Å². The predicted molar refractivity (Wildman–Crippen MR) is 85.6 cm³/mol. The molecule has 1 heterocycles. The summed E-state index contributed by atoms with van der Waals surface area (Å²) in [5, 5.41) is 3.38. The van der Waals surface area contributed by atoms with Crippen molar-refractivity contribution in [2.24, 2.45) is 0 Å². The van der Waals surface area contributed by atoms with Gasteiger partial charge < -0.3 is 19.5 Å². The minimum Gasteiger partial charge on any atom is -0.497 e. The zero-order chi connectivity index (χ0) is 15.6. The van der Waals surface area contributed by atoms with Gasteiger partial charge in [0.05, 0.1) is 20.8 Å². The number of rotatable bonds is 9. The van der Waals surface area contributed by atoms with Crippen LogP contribution in [0.3, 0.4) is 0 Å². The van der Waals surface area contributed by atoms with Crippen LogP contribution in [0.25, 0.3) is 0 Å². The maximum atomic E-state index is 5.54. The number of hydrogen-bond donors (Lipinski definition) is 1. The van der Waals surface area contributed by atoms with Crippen LogP contribution < -0.4 is 19.5 Å². The van der Waals surface area contributed by atoms with Crippen LogP contribution >= 0.6 is 0 Å². The first-order chi connectivity index (χ1) is 10.8. The third-order valence-electron chi connectivity index (χ3n) is 3.20. The standard InChI is InChI=1S/C17H22N2O3/c1-20-15-8-7-14(16(12-15)21-2)13-18-9-5-11-22-17-6-3-4-10-19-17/h3-4,6-8,10,12,18H,5,9,11,13H2,1-2H3. The molecule has 118 valence electrons. The Morgan fingerprint density at radius 3 is 2.73 bits per heavy atom. The molecule has 22 heavy (non-hydrogen) atoms. The third-order valence-corrected chi connectivity index (χ3v) is 3.20. The topological polar surface area (TPSA) is 52.6 Å². The van der Waals surface area contributed by atoms with Crippen LogP contribution in [0, 0.1) is 0 Å². The van der Waals surface area contributed by atoms with E-state index in [0.717, 1.165) is 36.6 Å². The Morgan fingerprint density at radius 1 is 1.09 bits per heavy atom. The fourth-order valence-electron chi connectivity index (χ4n) is 2.03. The summed E-state index contributed by atoms with van der Waals surface area (Å²) in [5.41, 5.74) is 1.11. The lowest BCUT2D eigenvalue weighted by Gasteiger charge is -2.11. The smallest absolute Gasteiger partial charge is 0.213 e. The molecule has 0 aliphatic carbocycles. The van der Waals surface area contributed by atoms with E-state index >= 15 is 0 Å². The highest BCUT2D eigenvalue weighted by molar-refractivity contribution is 5.40. The quantitative estimate of drug-likeness (QED) is 0.722. The molecule has 0 atom stereocenters. The second kappa shape index (κ2) is 8.89. The van der Waals surface area contributed by atoms with Gasteiger partial charge in [-0.2, -0.15) is 0 Å². The lowest BCUT2D eigenvalue weighted by Crippen LogP contribution is -2.17. The zero-order valence-corrected chi connectivity index (χ0v) is 13.0. The molecular weight excluding hydrogens is 280 g/mol. The molecule has 0 aliphatic heterocycles. The highest BCUT2D eigenvalue weighted by atomic mass is 16.5. The van der Waals surface area contributed by atoms with Gasteiger partial charge in [0.2, 0.25) is 5.88 Å². The van der Waals surface area contributed by atoms with E-state index in [2.05, 4.69) is 10.3 Å². The molecule has 0 bridgehead atoms. The van der Waals surface area contributed by atoms with E-state index in [1.54, 1.807) is 20.4 Å². The minimum absolute atomic E-state index is 0.643. The van der Waals surface area contributed by atoms with Crippen molar-refractivity contribution in [3.8, 4) is 17.4 Å². The van der Waals surface area contributed by atoms with Crippen LogP contribution in [0.2, 0.25) is 0 Å². The molecule has 5 nitrogen and oxygen atoms in total. The normalized spacial score (nSPS) is 10.3. The van der Waals surface area contributed by atoms with Gasteiger partial charge in [0.1, 0.15) is 11.5 Å². The number of benzene rings is 1. The molecule has 0 amide bonds. The minimum atomic E-state index is 0.643. The van der Waals surface area contributed by atoms with E-state index in [9.17, 15) is 0 Å². The summed E-state index contributed by atoms with van der Waals surface area (Å²) in [7, 11) is 3.31. The maximum absolute atomic E-state index is 5.54. The number of pyridine rings is 1. The molecule has 0 unspecified atom stereocenters. The van der Waals surface area contributed by atoms with Crippen LogP contribution in [0.1, 0.15) is 12.0 Å². The first-order valence-corrected chi connectivity index (χ1v) is 7.29. The van der Waals surface area contributed by atoms with Crippen LogP contribution in [0.5, 0.6) is 17.4 Å². The van der Waals surface area contributed by atoms with Crippen LogP contribution in [0.15, 0.2) is 42.6 Å². The van der Waals surface area contributed by atoms with Gasteiger partial charge in [0, 0.05) is 30.4 Å². The molecule has 0 aliphatic rings. The van der Waals surface area contributed by atoms with Crippen molar-refractivity contribution >= 4 is 0 Å².